The molecule has 0 aliphatic carbocycles. The summed E-state index contributed by atoms with van der Waals surface area (Å²) in [5.41, 5.74) is 2.12. The van der Waals surface area contributed by atoms with Gasteiger partial charge in [0.15, 0.2) is 5.75 Å². The molecule has 25 heavy (non-hydrogen) atoms. The van der Waals surface area contributed by atoms with Crippen molar-refractivity contribution in [1.29, 1.82) is 0 Å². The van der Waals surface area contributed by atoms with Gasteiger partial charge in [0.25, 0.3) is 0 Å². The van der Waals surface area contributed by atoms with Crippen LogP contribution in [0.3, 0.4) is 0 Å². The third-order valence-electron chi connectivity index (χ3n) is 3.62. The van der Waals surface area contributed by atoms with Gasteiger partial charge in [-0.3, -0.25) is 14.9 Å². The first-order valence-electron chi connectivity index (χ1n) is 7.44. The molecule has 0 unspecified atom stereocenters. The summed E-state index contributed by atoms with van der Waals surface area (Å²) in [6, 6.07) is 6.97. The van der Waals surface area contributed by atoms with E-state index in [-0.39, 0.29) is 29.7 Å². The van der Waals surface area contributed by atoms with Crippen LogP contribution in [0, 0.1) is 29.8 Å². The lowest BCUT2D eigenvalue weighted by Gasteiger charge is -2.12. The Hall–Kier alpha value is -3.16. The SMILES string of the molecule is COc1cc(NC(=O)CNc2ccc(F)cc2C)c(C)cc1[N+](=O)[O-]. The molecule has 0 spiro atoms. The number of nitro groups is 1. The van der Waals surface area contributed by atoms with E-state index in [9.17, 15) is 19.3 Å². The van der Waals surface area contributed by atoms with Crippen molar-refractivity contribution < 1.29 is 18.8 Å². The Morgan fingerprint density at radius 1 is 1.20 bits per heavy atom. The Morgan fingerprint density at radius 3 is 2.48 bits per heavy atom. The fourth-order valence-electron chi connectivity index (χ4n) is 2.31. The molecule has 0 aliphatic heterocycles. The molecule has 0 radical (unpaired) electrons. The molecule has 2 rings (SSSR count). The van der Waals surface area contributed by atoms with Crippen LogP contribution in [0.5, 0.6) is 5.75 Å². The second kappa shape index (κ2) is 7.61. The van der Waals surface area contributed by atoms with Gasteiger partial charge in [0.2, 0.25) is 5.91 Å². The van der Waals surface area contributed by atoms with Crippen LogP contribution in [0.25, 0.3) is 0 Å². The van der Waals surface area contributed by atoms with E-state index in [1.54, 1.807) is 19.9 Å². The highest BCUT2D eigenvalue weighted by molar-refractivity contribution is 5.95. The van der Waals surface area contributed by atoms with E-state index < -0.39 is 4.92 Å². The number of hydrogen-bond acceptors (Lipinski definition) is 5. The van der Waals surface area contributed by atoms with Gasteiger partial charge in [0, 0.05) is 23.5 Å². The molecule has 2 aromatic rings. The minimum atomic E-state index is -0.545. The van der Waals surface area contributed by atoms with Crippen molar-refractivity contribution in [1.82, 2.24) is 0 Å². The predicted molar refractivity (Wildman–Crippen MR) is 92.6 cm³/mol. The zero-order valence-corrected chi connectivity index (χ0v) is 14.1. The molecule has 0 saturated carbocycles. The molecule has 0 aliphatic rings. The Kier molecular flexibility index (Phi) is 5.53. The molecule has 132 valence electrons. The number of carbonyl (C=O) groups is 1. The van der Waals surface area contributed by atoms with Gasteiger partial charge >= 0.3 is 5.69 Å². The van der Waals surface area contributed by atoms with E-state index in [0.29, 0.717) is 22.5 Å². The van der Waals surface area contributed by atoms with Crippen LogP contribution in [0.4, 0.5) is 21.5 Å². The molecular formula is C17H18FN3O4. The van der Waals surface area contributed by atoms with Gasteiger partial charge in [-0.25, -0.2) is 4.39 Å². The normalized spacial score (nSPS) is 10.2. The first-order valence-corrected chi connectivity index (χ1v) is 7.44. The standard InChI is InChI=1S/C17H18FN3O4/c1-10-6-12(18)4-5-13(10)19-9-17(22)20-14-8-16(25-3)15(21(23)24)7-11(14)2/h4-8,19H,9H2,1-3H3,(H,20,22). The van der Waals surface area contributed by atoms with Gasteiger partial charge in [-0.2, -0.15) is 0 Å². The topological polar surface area (TPSA) is 93.5 Å². The zero-order chi connectivity index (χ0) is 18.6. The number of hydrogen-bond donors (Lipinski definition) is 2. The number of benzene rings is 2. The average Bonchev–Trinajstić information content (AvgIpc) is 2.55. The molecule has 0 atom stereocenters. The number of carbonyl (C=O) groups excluding carboxylic acids is 1. The lowest BCUT2D eigenvalue weighted by Crippen LogP contribution is -2.22. The maximum absolute atomic E-state index is 13.1. The van der Waals surface area contributed by atoms with Crippen molar-refractivity contribution in [3.05, 3.63) is 57.4 Å². The Morgan fingerprint density at radius 2 is 1.88 bits per heavy atom. The molecule has 2 N–H and O–H groups in total. The predicted octanol–water partition coefficient (Wildman–Crippen LogP) is 3.41. The number of aryl methyl sites for hydroxylation is 2. The van der Waals surface area contributed by atoms with E-state index in [1.165, 1.54) is 31.4 Å². The fraction of sp³-hybridized carbons (Fsp3) is 0.235. The molecule has 0 fully saturated rings. The second-order valence-electron chi connectivity index (χ2n) is 5.46. The molecule has 1 amide bonds. The van der Waals surface area contributed by atoms with Gasteiger partial charge in [0.1, 0.15) is 5.82 Å². The highest BCUT2D eigenvalue weighted by atomic mass is 19.1. The maximum atomic E-state index is 13.1. The van der Waals surface area contributed by atoms with Crippen LogP contribution in [0.15, 0.2) is 30.3 Å². The Labute approximate surface area is 144 Å². The highest BCUT2D eigenvalue weighted by Crippen LogP contribution is 2.32. The molecule has 0 saturated heterocycles. The molecular weight excluding hydrogens is 329 g/mol. The van der Waals surface area contributed by atoms with Crippen molar-refractivity contribution >= 4 is 23.0 Å². The Balaban J connectivity index is 2.08. The number of nitrogens with one attached hydrogen (secondary N) is 2. The average molecular weight is 347 g/mol. The number of methoxy groups -OCH3 is 1. The highest BCUT2D eigenvalue weighted by Gasteiger charge is 2.18. The fourth-order valence-corrected chi connectivity index (χ4v) is 2.31. The quantitative estimate of drug-likeness (QED) is 0.617. The summed E-state index contributed by atoms with van der Waals surface area (Å²) >= 11 is 0. The van der Waals surface area contributed by atoms with E-state index >= 15 is 0 Å². The first kappa shape index (κ1) is 18.2. The van der Waals surface area contributed by atoms with Gasteiger partial charge < -0.3 is 15.4 Å². The second-order valence-corrected chi connectivity index (χ2v) is 5.46. The van der Waals surface area contributed by atoms with E-state index in [4.69, 9.17) is 4.74 Å². The van der Waals surface area contributed by atoms with E-state index in [1.807, 2.05) is 0 Å². The van der Waals surface area contributed by atoms with E-state index in [0.717, 1.165) is 0 Å². The van der Waals surface area contributed by atoms with Crippen LogP contribution >= 0.6 is 0 Å². The lowest BCUT2D eigenvalue weighted by molar-refractivity contribution is -0.385. The third-order valence-corrected chi connectivity index (χ3v) is 3.62. The smallest absolute Gasteiger partial charge is 0.311 e. The monoisotopic (exact) mass is 347 g/mol. The van der Waals surface area contributed by atoms with Gasteiger partial charge in [-0.05, 0) is 43.2 Å². The molecule has 0 bridgehead atoms. The van der Waals surface area contributed by atoms with Crippen LogP contribution in [-0.2, 0) is 4.79 Å². The van der Waals surface area contributed by atoms with Gasteiger partial charge in [-0.15, -0.1) is 0 Å². The molecule has 0 aromatic heterocycles. The summed E-state index contributed by atoms with van der Waals surface area (Å²) in [6.45, 7) is 3.35. The summed E-state index contributed by atoms with van der Waals surface area (Å²) in [7, 11) is 1.32. The van der Waals surface area contributed by atoms with Gasteiger partial charge in [-0.1, -0.05) is 0 Å². The van der Waals surface area contributed by atoms with Gasteiger partial charge in [0.05, 0.1) is 18.6 Å². The zero-order valence-electron chi connectivity index (χ0n) is 14.1. The van der Waals surface area contributed by atoms with Crippen molar-refractivity contribution in [2.45, 2.75) is 13.8 Å². The summed E-state index contributed by atoms with van der Waals surface area (Å²) in [4.78, 5) is 22.6. The summed E-state index contributed by atoms with van der Waals surface area (Å²) in [5, 5.41) is 16.6. The number of nitrogens with zero attached hydrogens (tertiary/aromatic N) is 1. The summed E-state index contributed by atoms with van der Waals surface area (Å²) < 4.78 is 18.1. The summed E-state index contributed by atoms with van der Waals surface area (Å²) in [5.74, 6) is -0.628. The lowest BCUT2D eigenvalue weighted by atomic mass is 10.1. The Bertz CT molecular complexity index is 824. The van der Waals surface area contributed by atoms with Crippen LogP contribution in [0.1, 0.15) is 11.1 Å². The first-order chi connectivity index (χ1) is 11.8. The number of anilines is 2. The van der Waals surface area contributed by atoms with Crippen molar-refractivity contribution in [3.8, 4) is 5.75 Å². The molecule has 8 heteroatoms. The van der Waals surface area contributed by atoms with E-state index in [2.05, 4.69) is 10.6 Å². The van der Waals surface area contributed by atoms with Crippen molar-refractivity contribution in [2.75, 3.05) is 24.3 Å². The summed E-state index contributed by atoms with van der Waals surface area (Å²) in [6.07, 6.45) is 0. The minimum absolute atomic E-state index is 0.0365. The number of halogens is 1. The molecule has 7 nitrogen and oxygen atoms in total. The molecule has 0 heterocycles. The van der Waals surface area contributed by atoms with Crippen molar-refractivity contribution in [2.24, 2.45) is 0 Å². The third kappa shape index (κ3) is 4.43. The number of ether oxygens (including phenoxy) is 1. The van der Waals surface area contributed by atoms with Crippen LogP contribution in [-0.4, -0.2) is 24.5 Å². The van der Waals surface area contributed by atoms with Crippen LogP contribution in [0.2, 0.25) is 0 Å². The number of rotatable bonds is 6. The van der Waals surface area contributed by atoms with Crippen molar-refractivity contribution in [3.63, 3.8) is 0 Å². The maximum Gasteiger partial charge on any atom is 0.311 e. The minimum Gasteiger partial charge on any atom is -0.490 e. The van der Waals surface area contributed by atoms with Crippen LogP contribution < -0.4 is 15.4 Å². The number of amides is 1. The largest absolute Gasteiger partial charge is 0.490 e. The molecule has 2 aromatic carbocycles. The number of nitro benzene ring substituents is 1.